The van der Waals surface area contributed by atoms with Gasteiger partial charge in [0.15, 0.2) is 0 Å². The van der Waals surface area contributed by atoms with Gasteiger partial charge in [0.25, 0.3) is 0 Å². The Balaban J connectivity index is 2.15. The van der Waals surface area contributed by atoms with Crippen molar-refractivity contribution in [1.29, 1.82) is 0 Å². The predicted octanol–water partition coefficient (Wildman–Crippen LogP) is 3.36. The van der Waals surface area contributed by atoms with Gasteiger partial charge in [-0.3, -0.25) is 0 Å². The van der Waals surface area contributed by atoms with Crippen molar-refractivity contribution in [2.45, 2.75) is 11.4 Å². The Morgan fingerprint density at radius 1 is 1.44 bits per heavy atom. The highest BCUT2D eigenvalue weighted by Crippen LogP contribution is 2.34. The Labute approximate surface area is 108 Å². The molecule has 1 aromatic carbocycles. The lowest BCUT2D eigenvalue weighted by Crippen LogP contribution is -2.23. The number of hydrogen-bond donors (Lipinski definition) is 1. The maximum atomic E-state index is 13.6. The van der Waals surface area contributed by atoms with Gasteiger partial charge in [0.2, 0.25) is 0 Å². The molecule has 0 aliphatic carbocycles. The van der Waals surface area contributed by atoms with Crippen molar-refractivity contribution in [1.82, 2.24) is 0 Å². The van der Waals surface area contributed by atoms with Crippen LogP contribution in [0.15, 0.2) is 18.2 Å². The molecule has 1 aliphatic heterocycles. The summed E-state index contributed by atoms with van der Waals surface area (Å²) in [5, 5.41) is 10.5. The van der Waals surface area contributed by atoms with Crippen LogP contribution in [0.4, 0.5) is 4.39 Å². The molecule has 16 heavy (non-hydrogen) atoms. The maximum Gasteiger partial charge on any atom is 0.130 e. The summed E-state index contributed by atoms with van der Waals surface area (Å²) in [7, 11) is 0. The van der Waals surface area contributed by atoms with Crippen LogP contribution in [-0.4, -0.2) is 27.6 Å². The lowest BCUT2D eigenvalue weighted by Gasteiger charge is -2.26. The van der Waals surface area contributed by atoms with E-state index in [1.807, 2.05) is 0 Å². The molecule has 1 aliphatic rings. The Bertz CT molecular complexity index is 369. The number of thioether (sulfide) groups is 2. The molecule has 2 atom stereocenters. The van der Waals surface area contributed by atoms with Gasteiger partial charge < -0.3 is 5.11 Å². The number of rotatable bonds is 2. The molecule has 1 nitrogen and oxygen atoms in total. The summed E-state index contributed by atoms with van der Waals surface area (Å²) in [6, 6.07) is 4.44. The quantitative estimate of drug-likeness (QED) is 0.896. The molecular weight excluding hydrogens is 267 g/mol. The summed E-state index contributed by atoms with van der Waals surface area (Å²) in [4.78, 5) is 0. The summed E-state index contributed by atoms with van der Waals surface area (Å²) in [6.07, 6.45) is -0.741. The first-order valence-corrected chi connectivity index (χ1v) is 7.59. The summed E-state index contributed by atoms with van der Waals surface area (Å²) in [5.41, 5.74) is 0.351. The molecule has 1 fully saturated rings. The van der Waals surface area contributed by atoms with Gasteiger partial charge in [-0.1, -0.05) is 17.7 Å². The van der Waals surface area contributed by atoms with Crippen LogP contribution in [0.2, 0.25) is 5.02 Å². The van der Waals surface area contributed by atoms with Gasteiger partial charge >= 0.3 is 0 Å². The number of hydrogen-bond acceptors (Lipinski definition) is 3. The molecule has 2 unspecified atom stereocenters. The van der Waals surface area contributed by atoms with Crippen LogP contribution in [0.3, 0.4) is 0 Å². The van der Waals surface area contributed by atoms with E-state index in [9.17, 15) is 9.50 Å². The monoisotopic (exact) mass is 278 g/mol. The predicted molar refractivity (Wildman–Crippen MR) is 69.9 cm³/mol. The van der Waals surface area contributed by atoms with Crippen LogP contribution >= 0.6 is 35.1 Å². The highest BCUT2D eigenvalue weighted by molar-refractivity contribution is 8.06. The van der Waals surface area contributed by atoms with Crippen LogP contribution in [0.1, 0.15) is 11.7 Å². The molecule has 2 rings (SSSR count). The van der Waals surface area contributed by atoms with E-state index < -0.39 is 11.9 Å². The van der Waals surface area contributed by atoms with Crippen LogP contribution < -0.4 is 0 Å². The molecule has 0 spiro atoms. The zero-order valence-corrected chi connectivity index (χ0v) is 10.9. The second kappa shape index (κ2) is 5.63. The lowest BCUT2D eigenvalue weighted by molar-refractivity contribution is 0.175. The van der Waals surface area contributed by atoms with Gasteiger partial charge in [-0.15, -0.1) is 0 Å². The minimum Gasteiger partial charge on any atom is -0.387 e. The van der Waals surface area contributed by atoms with E-state index in [1.54, 1.807) is 35.7 Å². The zero-order chi connectivity index (χ0) is 11.5. The smallest absolute Gasteiger partial charge is 0.130 e. The Hall–Kier alpha value is 0.1000. The summed E-state index contributed by atoms with van der Waals surface area (Å²) >= 11 is 9.19. The molecule has 1 heterocycles. The minimum absolute atomic E-state index is 0.0782. The zero-order valence-electron chi connectivity index (χ0n) is 8.53. The molecule has 0 saturated carbocycles. The Morgan fingerprint density at radius 2 is 2.25 bits per heavy atom. The first-order chi connectivity index (χ1) is 7.68. The standard InChI is InChI=1S/C11H12ClFOS2/c12-7-1-2-8(9(13)5-7)11(14)10-6-15-3-4-16-10/h1-2,5,10-11,14H,3-4,6H2. The third-order valence-corrected chi connectivity index (χ3v) is 5.56. The number of benzene rings is 1. The average molecular weight is 279 g/mol. The first kappa shape index (κ1) is 12.6. The van der Waals surface area contributed by atoms with Crippen molar-refractivity contribution >= 4 is 35.1 Å². The average Bonchev–Trinajstić information content (AvgIpc) is 2.29. The van der Waals surface area contributed by atoms with Gasteiger partial charge in [-0.25, -0.2) is 4.39 Å². The maximum absolute atomic E-state index is 13.6. The van der Waals surface area contributed by atoms with E-state index in [-0.39, 0.29) is 5.25 Å². The molecule has 1 saturated heterocycles. The Kier molecular flexibility index (Phi) is 4.41. The number of aliphatic hydroxyl groups is 1. The molecule has 1 N–H and O–H groups in total. The highest BCUT2D eigenvalue weighted by Gasteiger charge is 2.26. The summed E-state index contributed by atoms with van der Waals surface area (Å²) in [6.45, 7) is 0. The molecular formula is C11H12ClFOS2. The first-order valence-electron chi connectivity index (χ1n) is 5.01. The molecule has 88 valence electrons. The van der Waals surface area contributed by atoms with Crippen LogP contribution in [0.5, 0.6) is 0 Å². The fraction of sp³-hybridized carbons (Fsp3) is 0.455. The van der Waals surface area contributed by atoms with E-state index in [1.165, 1.54) is 6.07 Å². The number of aliphatic hydroxyl groups excluding tert-OH is 1. The summed E-state index contributed by atoms with van der Waals surface area (Å²) in [5.74, 6) is 2.57. The van der Waals surface area contributed by atoms with Crippen molar-refractivity contribution in [3.63, 3.8) is 0 Å². The lowest BCUT2D eigenvalue weighted by atomic mass is 10.1. The molecule has 0 aromatic heterocycles. The normalized spacial score (nSPS) is 23.1. The fourth-order valence-corrected chi connectivity index (χ4v) is 4.53. The third kappa shape index (κ3) is 2.86. The van der Waals surface area contributed by atoms with Crippen molar-refractivity contribution in [2.75, 3.05) is 17.3 Å². The van der Waals surface area contributed by atoms with Crippen LogP contribution in [-0.2, 0) is 0 Å². The molecule has 0 bridgehead atoms. The van der Waals surface area contributed by atoms with Crippen LogP contribution in [0.25, 0.3) is 0 Å². The minimum atomic E-state index is -0.741. The molecule has 5 heteroatoms. The van der Waals surface area contributed by atoms with E-state index in [4.69, 9.17) is 11.6 Å². The number of halogens is 2. The highest BCUT2D eigenvalue weighted by atomic mass is 35.5. The van der Waals surface area contributed by atoms with Crippen LogP contribution in [0, 0.1) is 5.82 Å². The fourth-order valence-electron chi connectivity index (χ4n) is 1.63. The summed E-state index contributed by atoms with van der Waals surface area (Å²) < 4.78 is 13.6. The van der Waals surface area contributed by atoms with Gasteiger partial charge in [-0.2, -0.15) is 23.5 Å². The van der Waals surface area contributed by atoms with Gasteiger partial charge in [-0.05, 0) is 12.1 Å². The van der Waals surface area contributed by atoms with Gasteiger partial charge in [0.1, 0.15) is 5.82 Å². The second-order valence-corrected chi connectivity index (χ2v) is 6.53. The van der Waals surface area contributed by atoms with Crippen molar-refractivity contribution < 1.29 is 9.50 Å². The topological polar surface area (TPSA) is 20.2 Å². The van der Waals surface area contributed by atoms with Crippen molar-refractivity contribution in [2.24, 2.45) is 0 Å². The largest absolute Gasteiger partial charge is 0.387 e. The van der Waals surface area contributed by atoms with Crippen molar-refractivity contribution in [3.8, 4) is 0 Å². The molecule has 1 aromatic rings. The van der Waals surface area contributed by atoms with E-state index in [0.717, 1.165) is 17.3 Å². The van der Waals surface area contributed by atoms with E-state index in [2.05, 4.69) is 0 Å². The third-order valence-electron chi connectivity index (χ3n) is 2.48. The van der Waals surface area contributed by atoms with Gasteiger partial charge in [0, 0.05) is 33.1 Å². The van der Waals surface area contributed by atoms with Gasteiger partial charge in [0.05, 0.1) is 6.10 Å². The Morgan fingerprint density at radius 3 is 2.88 bits per heavy atom. The SMILES string of the molecule is OC(c1ccc(Cl)cc1F)C1CSCCS1. The van der Waals surface area contributed by atoms with E-state index >= 15 is 0 Å². The molecule has 0 amide bonds. The van der Waals surface area contributed by atoms with Crippen molar-refractivity contribution in [3.05, 3.63) is 34.6 Å². The molecule has 0 radical (unpaired) electrons. The second-order valence-electron chi connectivity index (χ2n) is 3.59. The van der Waals surface area contributed by atoms with E-state index in [0.29, 0.717) is 10.6 Å².